The van der Waals surface area contributed by atoms with Crippen LogP contribution in [0.1, 0.15) is 18.1 Å². The lowest BCUT2D eigenvalue weighted by Gasteiger charge is -2.09. The van der Waals surface area contributed by atoms with Crippen molar-refractivity contribution >= 4 is 29.0 Å². The summed E-state index contributed by atoms with van der Waals surface area (Å²) in [5.41, 5.74) is 1.35. The van der Waals surface area contributed by atoms with E-state index in [-0.39, 0.29) is 11.0 Å². The van der Waals surface area contributed by atoms with Gasteiger partial charge in [0.1, 0.15) is 0 Å². The molecule has 6 heteroatoms. The number of ether oxygens (including phenoxy) is 1. The van der Waals surface area contributed by atoms with E-state index in [4.69, 9.17) is 4.74 Å². The van der Waals surface area contributed by atoms with E-state index in [0.29, 0.717) is 28.4 Å². The highest BCUT2D eigenvalue weighted by Crippen LogP contribution is 2.33. The Morgan fingerprint density at radius 1 is 1.42 bits per heavy atom. The maximum atomic E-state index is 11.4. The largest absolute Gasteiger partial charge is 0.504 e. The number of phenols is 1. The summed E-state index contributed by atoms with van der Waals surface area (Å²) in [5, 5.41) is 11.6. The van der Waals surface area contributed by atoms with Crippen LogP contribution in [0.25, 0.3) is 6.08 Å². The molecular formula is C13H13NO4S. The van der Waals surface area contributed by atoms with Crippen LogP contribution in [0.3, 0.4) is 0 Å². The van der Waals surface area contributed by atoms with Crippen LogP contribution in [0.15, 0.2) is 17.0 Å². The molecule has 1 heterocycles. The van der Waals surface area contributed by atoms with Crippen LogP contribution in [0.5, 0.6) is 11.5 Å². The Bertz CT molecular complexity index is 580. The Balaban J connectivity index is 2.38. The molecule has 1 saturated heterocycles. The highest BCUT2D eigenvalue weighted by Gasteiger charge is 2.25. The van der Waals surface area contributed by atoms with Crippen LogP contribution in [0.4, 0.5) is 4.79 Å². The number of aromatic hydroxyl groups is 1. The molecule has 0 saturated carbocycles. The predicted molar refractivity (Wildman–Crippen MR) is 73.1 cm³/mol. The number of benzene rings is 1. The lowest BCUT2D eigenvalue weighted by Crippen LogP contribution is -2.17. The molecule has 2 rings (SSSR count). The van der Waals surface area contributed by atoms with Gasteiger partial charge in [0.05, 0.1) is 11.5 Å². The standard InChI is InChI=1S/C13H13NO4S/c1-3-18-9-5-8(4-7(2)11(9)15)6-10-12(16)14-13(17)19-10/h4-6,15H,3H2,1-2H3,(H,14,16,17). The summed E-state index contributed by atoms with van der Waals surface area (Å²) in [7, 11) is 0. The molecule has 100 valence electrons. The minimum absolute atomic E-state index is 0.0867. The van der Waals surface area contributed by atoms with Crippen molar-refractivity contribution in [2.24, 2.45) is 0 Å². The van der Waals surface area contributed by atoms with E-state index in [1.807, 2.05) is 6.92 Å². The fourth-order valence-corrected chi connectivity index (χ4v) is 2.38. The van der Waals surface area contributed by atoms with Crippen molar-refractivity contribution in [2.75, 3.05) is 6.61 Å². The van der Waals surface area contributed by atoms with Crippen LogP contribution < -0.4 is 10.1 Å². The van der Waals surface area contributed by atoms with Crippen molar-refractivity contribution in [3.63, 3.8) is 0 Å². The van der Waals surface area contributed by atoms with Gasteiger partial charge in [-0.2, -0.15) is 0 Å². The van der Waals surface area contributed by atoms with Gasteiger partial charge in [0.15, 0.2) is 11.5 Å². The SMILES string of the molecule is CCOc1cc(C=C2SC(=O)NC2=O)cc(C)c1O. The third kappa shape index (κ3) is 2.90. The molecule has 0 spiro atoms. The number of rotatable bonds is 3. The van der Waals surface area contributed by atoms with Gasteiger partial charge >= 0.3 is 0 Å². The quantitative estimate of drug-likeness (QED) is 0.831. The average Bonchev–Trinajstić information content (AvgIpc) is 2.64. The maximum Gasteiger partial charge on any atom is 0.290 e. The molecule has 0 aliphatic carbocycles. The van der Waals surface area contributed by atoms with Crippen LogP contribution in [-0.4, -0.2) is 22.9 Å². The Morgan fingerprint density at radius 3 is 2.74 bits per heavy atom. The number of aryl methyl sites for hydroxylation is 1. The summed E-state index contributed by atoms with van der Waals surface area (Å²) in [6, 6.07) is 3.36. The minimum Gasteiger partial charge on any atom is -0.504 e. The lowest BCUT2D eigenvalue weighted by atomic mass is 10.1. The molecule has 2 N–H and O–H groups in total. The third-order valence-electron chi connectivity index (χ3n) is 2.53. The van der Waals surface area contributed by atoms with Crippen molar-refractivity contribution in [1.82, 2.24) is 5.32 Å². The highest BCUT2D eigenvalue weighted by atomic mass is 32.2. The first-order valence-electron chi connectivity index (χ1n) is 5.72. The van der Waals surface area contributed by atoms with E-state index in [9.17, 15) is 14.7 Å². The van der Waals surface area contributed by atoms with Gasteiger partial charge in [-0.15, -0.1) is 0 Å². The van der Waals surface area contributed by atoms with E-state index in [2.05, 4.69) is 5.32 Å². The number of nitrogens with one attached hydrogen (secondary N) is 1. The predicted octanol–water partition coefficient (Wildman–Crippen LogP) is 2.42. The number of carbonyl (C=O) groups is 2. The number of imide groups is 1. The van der Waals surface area contributed by atoms with Crippen LogP contribution in [-0.2, 0) is 4.79 Å². The second-order valence-electron chi connectivity index (χ2n) is 3.97. The zero-order chi connectivity index (χ0) is 14.0. The van der Waals surface area contributed by atoms with E-state index < -0.39 is 5.91 Å². The Labute approximate surface area is 114 Å². The summed E-state index contributed by atoms with van der Waals surface area (Å²) in [6.45, 7) is 3.99. The van der Waals surface area contributed by atoms with Crippen LogP contribution >= 0.6 is 11.8 Å². The van der Waals surface area contributed by atoms with Crippen molar-refractivity contribution in [3.05, 3.63) is 28.2 Å². The molecular weight excluding hydrogens is 266 g/mol. The zero-order valence-electron chi connectivity index (χ0n) is 10.5. The van der Waals surface area contributed by atoms with E-state index in [0.717, 1.165) is 11.8 Å². The topological polar surface area (TPSA) is 75.6 Å². The molecule has 0 radical (unpaired) electrons. The first kappa shape index (κ1) is 13.5. The van der Waals surface area contributed by atoms with Crippen LogP contribution in [0, 0.1) is 6.92 Å². The Kier molecular flexibility index (Phi) is 3.80. The van der Waals surface area contributed by atoms with E-state index >= 15 is 0 Å². The Morgan fingerprint density at radius 2 is 2.16 bits per heavy atom. The third-order valence-corrected chi connectivity index (χ3v) is 3.34. The van der Waals surface area contributed by atoms with Gasteiger partial charge in [-0.1, -0.05) is 0 Å². The first-order chi connectivity index (χ1) is 9.01. The first-order valence-corrected chi connectivity index (χ1v) is 6.54. The zero-order valence-corrected chi connectivity index (χ0v) is 11.3. The number of hydrogen-bond donors (Lipinski definition) is 2. The van der Waals surface area contributed by atoms with Crippen LogP contribution in [0.2, 0.25) is 0 Å². The van der Waals surface area contributed by atoms with Gasteiger partial charge in [-0.3, -0.25) is 14.9 Å². The average molecular weight is 279 g/mol. The normalized spacial score (nSPS) is 16.8. The van der Waals surface area contributed by atoms with E-state index in [1.54, 1.807) is 25.1 Å². The van der Waals surface area contributed by atoms with Gasteiger partial charge in [-0.25, -0.2) is 0 Å². The Hall–Kier alpha value is -1.95. The van der Waals surface area contributed by atoms with Gasteiger partial charge in [0.25, 0.3) is 11.1 Å². The number of carbonyl (C=O) groups excluding carboxylic acids is 2. The summed E-state index contributed by atoms with van der Waals surface area (Å²) in [4.78, 5) is 22.9. The molecule has 1 aromatic carbocycles. The number of hydrogen-bond acceptors (Lipinski definition) is 5. The molecule has 0 bridgehead atoms. The van der Waals surface area contributed by atoms with Gasteiger partial charge in [0, 0.05) is 0 Å². The monoisotopic (exact) mass is 279 g/mol. The maximum absolute atomic E-state index is 11.4. The van der Waals surface area contributed by atoms with Crippen molar-refractivity contribution < 1.29 is 19.4 Å². The summed E-state index contributed by atoms with van der Waals surface area (Å²) < 4.78 is 5.32. The van der Waals surface area contributed by atoms with Crippen molar-refractivity contribution in [3.8, 4) is 11.5 Å². The van der Waals surface area contributed by atoms with Crippen molar-refractivity contribution in [2.45, 2.75) is 13.8 Å². The fourth-order valence-electron chi connectivity index (χ4n) is 1.70. The molecule has 2 amide bonds. The summed E-state index contributed by atoms with van der Waals surface area (Å²) >= 11 is 0.856. The molecule has 1 aliphatic heterocycles. The lowest BCUT2D eigenvalue weighted by molar-refractivity contribution is -0.115. The minimum atomic E-state index is -0.404. The molecule has 1 fully saturated rings. The molecule has 5 nitrogen and oxygen atoms in total. The van der Waals surface area contributed by atoms with Gasteiger partial charge in [0.2, 0.25) is 0 Å². The van der Waals surface area contributed by atoms with Crippen molar-refractivity contribution in [1.29, 1.82) is 0 Å². The smallest absolute Gasteiger partial charge is 0.290 e. The van der Waals surface area contributed by atoms with E-state index in [1.165, 1.54) is 0 Å². The van der Waals surface area contributed by atoms with Gasteiger partial charge < -0.3 is 9.84 Å². The molecule has 1 aromatic rings. The number of amides is 2. The second-order valence-corrected chi connectivity index (χ2v) is 4.98. The fraction of sp³-hybridized carbons (Fsp3) is 0.231. The summed E-state index contributed by atoms with van der Waals surface area (Å²) in [5.74, 6) is 0.0476. The number of phenolic OH excluding ortho intramolecular Hbond substituents is 1. The molecule has 0 unspecified atom stereocenters. The number of thioether (sulfide) groups is 1. The van der Waals surface area contributed by atoms with Gasteiger partial charge in [-0.05, 0) is 54.9 Å². The molecule has 19 heavy (non-hydrogen) atoms. The summed E-state index contributed by atoms with van der Waals surface area (Å²) in [6.07, 6.45) is 1.60. The molecule has 0 atom stereocenters. The molecule has 0 aromatic heterocycles. The molecule has 1 aliphatic rings. The second kappa shape index (κ2) is 5.36. The highest BCUT2D eigenvalue weighted by molar-refractivity contribution is 8.18.